The van der Waals surface area contributed by atoms with Crippen LogP contribution in [-0.2, 0) is 14.3 Å². The Balaban J connectivity index is 4.53. The summed E-state index contributed by atoms with van der Waals surface area (Å²) in [6.07, 6.45) is -0.0879. The van der Waals surface area contributed by atoms with E-state index in [1.54, 1.807) is 34.6 Å². The van der Waals surface area contributed by atoms with E-state index in [-0.39, 0.29) is 5.97 Å². The molecule has 0 unspecified atom stereocenters. The number of ether oxygens (including phenoxy) is 2. The van der Waals surface area contributed by atoms with Gasteiger partial charge in [0.05, 0.1) is 12.5 Å². The topological polar surface area (TPSA) is 77.0 Å². The lowest BCUT2D eigenvalue weighted by Gasteiger charge is -2.19. The molecule has 0 aliphatic heterocycles. The molecule has 1 N–H and O–H groups in total. The van der Waals surface area contributed by atoms with Gasteiger partial charge in [0.2, 0.25) is 0 Å². The van der Waals surface area contributed by atoms with E-state index < -0.39 is 17.6 Å². The van der Waals surface area contributed by atoms with Crippen molar-refractivity contribution in [1.82, 2.24) is 5.43 Å². The zero-order valence-corrected chi connectivity index (χ0v) is 12.6. The van der Waals surface area contributed by atoms with E-state index in [4.69, 9.17) is 9.47 Å². The van der Waals surface area contributed by atoms with Crippen LogP contribution in [0.25, 0.3) is 0 Å². The molecule has 0 aliphatic rings. The number of rotatable bonds is 5. The number of hydrogen-bond donors (Lipinski definition) is 1. The summed E-state index contributed by atoms with van der Waals surface area (Å²) in [5.41, 5.74) is 2.18. The van der Waals surface area contributed by atoms with Crippen molar-refractivity contribution < 1.29 is 19.1 Å². The van der Waals surface area contributed by atoms with E-state index in [2.05, 4.69) is 10.5 Å². The van der Waals surface area contributed by atoms with Gasteiger partial charge in [0, 0.05) is 5.71 Å². The molecule has 0 aromatic heterocycles. The molecule has 0 heterocycles. The molecule has 0 spiro atoms. The number of amides is 1. The molecule has 19 heavy (non-hydrogen) atoms. The maximum Gasteiger partial charge on any atom is 0.428 e. The fourth-order valence-electron chi connectivity index (χ4n) is 1.39. The molecule has 0 fully saturated rings. The Morgan fingerprint density at radius 2 is 1.84 bits per heavy atom. The smallest absolute Gasteiger partial charge is 0.428 e. The van der Waals surface area contributed by atoms with Gasteiger partial charge in [-0.3, -0.25) is 4.79 Å². The summed E-state index contributed by atoms with van der Waals surface area (Å²) in [5, 5.41) is 3.87. The van der Waals surface area contributed by atoms with E-state index >= 15 is 0 Å². The fourth-order valence-corrected chi connectivity index (χ4v) is 1.39. The molecule has 0 aromatic carbocycles. The molecule has 0 bridgehead atoms. The van der Waals surface area contributed by atoms with Gasteiger partial charge >= 0.3 is 12.1 Å². The zero-order chi connectivity index (χ0) is 15.1. The van der Waals surface area contributed by atoms with Gasteiger partial charge in [0.1, 0.15) is 5.60 Å². The van der Waals surface area contributed by atoms with E-state index in [1.165, 1.54) is 0 Å². The Labute approximate surface area is 114 Å². The largest absolute Gasteiger partial charge is 0.465 e. The number of hydrogen-bond acceptors (Lipinski definition) is 5. The minimum atomic E-state index is -0.648. The Hall–Kier alpha value is -1.59. The molecule has 0 rings (SSSR count). The number of carbonyl (C=O) groups excluding carboxylic acids is 2. The summed E-state index contributed by atoms with van der Waals surface area (Å²) >= 11 is 0. The van der Waals surface area contributed by atoms with Crippen molar-refractivity contribution in [2.24, 2.45) is 11.0 Å². The first-order valence-corrected chi connectivity index (χ1v) is 6.41. The van der Waals surface area contributed by atoms with Crippen LogP contribution >= 0.6 is 0 Å². The predicted octanol–water partition coefficient (Wildman–Crippen LogP) is 2.48. The average molecular weight is 272 g/mol. The van der Waals surface area contributed by atoms with Crippen molar-refractivity contribution in [2.75, 3.05) is 6.61 Å². The molecular weight excluding hydrogens is 248 g/mol. The molecular formula is C13H24N2O4. The highest BCUT2D eigenvalue weighted by Gasteiger charge is 2.22. The number of nitrogens with one attached hydrogen (secondary N) is 1. The first-order valence-electron chi connectivity index (χ1n) is 6.41. The lowest BCUT2D eigenvalue weighted by molar-refractivity contribution is -0.145. The van der Waals surface area contributed by atoms with E-state index in [9.17, 15) is 9.59 Å². The average Bonchev–Trinajstić information content (AvgIpc) is 2.25. The maximum atomic E-state index is 11.6. The third kappa shape index (κ3) is 7.43. The van der Waals surface area contributed by atoms with Crippen molar-refractivity contribution >= 4 is 17.8 Å². The van der Waals surface area contributed by atoms with Gasteiger partial charge in [-0.05, 0) is 41.0 Å². The predicted molar refractivity (Wildman–Crippen MR) is 72.9 cm³/mol. The SMILES string of the molecule is CCOC(=O)[C@H](CC)/C(C)=N\NC(=O)OC(C)(C)C. The number of esters is 1. The van der Waals surface area contributed by atoms with Gasteiger partial charge in [-0.2, -0.15) is 5.10 Å². The molecule has 0 radical (unpaired) electrons. The van der Waals surface area contributed by atoms with Crippen molar-refractivity contribution in [3.8, 4) is 0 Å². The highest BCUT2D eigenvalue weighted by molar-refractivity contribution is 6.01. The Morgan fingerprint density at radius 3 is 2.26 bits per heavy atom. The van der Waals surface area contributed by atoms with Gasteiger partial charge in [-0.25, -0.2) is 10.2 Å². The normalized spacial score (nSPS) is 13.7. The second-order valence-electron chi connectivity index (χ2n) is 5.08. The Kier molecular flexibility index (Phi) is 7.11. The summed E-state index contributed by atoms with van der Waals surface area (Å²) in [6, 6.07) is 0. The second-order valence-corrected chi connectivity index (χ2v) is 5.08. The molecule has 1 amide bonds. The van der Waals surface area contributed by atoms with E-state index in [1.807, 2.05) is 6.92 Å². The zero-order valence-electron chi connectivity index (χ0n) is 12.6. The van der Waals surface area contributed by atoms with Crippen molar-refractivity contribution in [1.29, 1.82) is 0 Å². The molecule has 0 aliphatic carbocycles. The van der Waals surface area contributed by atoms with Crippen LogP contribution in [0.15, 0.2) is 5.10 Å². The van der Waals surface area contributed by atoms with Gasteiger partial charge < -0.3 is 9.47 Å². The van der Waals surface area contributed by atoms with Crippen molar-refractivity contribution in [2.45, 2.75) is 53.6 Å². The molecule has 6 nitrogen and oxygen atoms in total. The lowest BCUT2D eigenvalue weighted by atomic mass is 10.0. The van der Waals surface area contributed by atoms with Gasteiger partial charge in [-0.15, -0.1) is 0 Å². The molecule has 0 saturated heterocycles. The monoisotopic (exact) mass is 272 g/mol. The molecule has 0 saturated carbocycles. The molecule has 0 aromatic rings. The Bertz CT molecular complexity index is 345. The van der Waals surface area contributed by atoms with Crippen molar-refractivity contribution in [3.63, 3.8) is 0 Å². The van der Waals surface area contributed by atoms with Crippen LogP contribution in [0, 0.1) is 5.92 Å². The van der Waals surface area contributed by atoms with E-state index in [0.29, 0.717) is 18.7 Å². The third-order valence-corrected chi connectivity index (χ3v) is 2.21. The second kappa shape index (κ2) is 7.76. The summed E-state index contributed by atoms with van der Waals surface area (Å²) in [7, 11) is 0. The van der Waals surface area contributed by atoms with Gasteiger partial charge in [0.15, 0.2) is 0 Å². The minimum absolute atomic E-state index is 0.322. The van der Waals surface area contributed by atoms with E-state index in [0.717, 1.165) is 0 Å². The standard InChI is InChI=1S/C13H24N2O4/c1-7-10(11(16)18-8-2)9(3)14-15-12(17)19-13(4,5)6/h10H,7-8H2,1-6H3,(H,15,17)/b14-9-/t10-/m1/s1. The van der Waals surface area contributed by atoms with Crippen LogP contribution < -0.4 is 5.43 Å². The van der Waals surface area contributed by atoms with Gasteiger partial charge in [-0.1, -0.05) is 6.92 Å². The minimum Gasteiger partial charge on any atom is -0.465 e. The fraction of sp³-hybridized carbons (Fsp3) is 0.769. The molecule has 6 heteroatoms. The highest BCUT2D eigenvalue weighted by Crippen LogP contribution is 2.09. The third-order valence-electron chi connectivity index (χ3n) is 2.21. The van der Waals surface area contributed by atoms with Crippen LogP contribution in [0.5, 0.6) is 0 Å². The molecule has 1 atom stereocenters. The first-order chi connectivity index (χ1) is 8.71. The van der Waals surface area contributed by atoms with Crippen LogP contribution in [0.1, 0.15) is 48.0 Å². The summed E-state index contributed by atoms with van der Waals surface area (Å²) < 4.78 is 9.98. The highest BCUT2D eigenvalue weighted by atomic mass is 16.6. The van der Waals surface area contributed by atoms with Crippen LogP contribution in [0.3, 0.4) is 0 Å². The quantitative estimate of drug-likeness (QED) is 0.474. The van der Waals surface area contributed by atoms with Crippen LogP contribution in [0.4, 0.5) is 4.79 Å². The van der Waals surface area contributed by atoms with Gasteiger partial charge in [0.25, 0.3) is 0 Å². The van der Waals surface area contributed by atoms with Crippen LogP contribution in [0.2, 0.25) is 0 Å². The lowest BCUT2D eigenvalue weighted by Crippen LogP contribution is -2.32. The summed E-state index contributed by atoms with van der Waals surface area (Å²) in [4.78, 5) is 23.1. The summed E-state index contributed by atoms with van der Waals surface area (Å²) in [5.74, 6) is -0.785. The maximum absolute atomic E-state index is 11.6. The summed E-state index contributed by atoms with van der Waals surface area (Å²) in [6.45, 7) is 10.9. The Morgan fingerprint density at radius 1 is 1.26 bits per heavy atom. The number of nitrogens with zero attached hydrogens (tertiary/aromatic N) is 1. The van der Waals surface area contributed by atoms with Crippen molar-refractivity contribution in [3.05, 3.63) is 0 Å². The number of carbonyl (C=O) groups is 2. The van der Waals surface area contributed by atoms with Crippen LogP contribution in [-0.4, -0.2) is 30.0 Å². The first kappa shape index (κ1) is 17.4. The molecule has 110 valence electrons. The number of hydrazone groups is 1.